The Bertz CT molecular complexity index is 385. The Morgan fingerprint density at radius 1 is 1.05 bits per heavy atom. The third-order valence-electron chi connectivity index (χ3n) is 3.00. The maximum Gasteiger partial charge on any atom is 0.137 e. The molecule has 3 nitrogen and oxygen atoms in total. The Hall–Kier alpha value is -1.09. The third-order valence-corrected chi connectivity index (χ3v) is 3.00. The SMILES string of the molecule is CC(C)(C)NCCCCOc1ccc(C(C)(C)C)nc1. The number of hydrogen-bond donors (Lipinski definition) is 1. The van der Waals surface area contributed by atoms with Gasteiger partial charge in [0, 0.05) is 16.6 Å². The fourth-order valence-electron chi connectivity index (χ4n) is 1.79. The van der Waals surface area contributed by atoms with Gasteiger partial charge in [0.25, 0.3) is 0 Å². The van der Waals surface area contributed by atoms with E-state index in [1.807, 2.05) is 12.3 Å². The van der Waals surface area contributed by atoms with Crippen LogP contribution in [0, 0.1) is 0 Å². The molecule has 0 unspecified atom stereocenters. The minimum Gasteiger partial charge on any atom is -0.492 e. The standard InChI is InChI=1S/C17H30N2O/c1-16(2,3)15-10-9-14(13-18-15)20-12-8-7-11-19-17(4,5)6/h9-10,13,19H,7-8,11-12H2,1-6H3. The highest BCUT2D eigenvalue weighted by molar-refractivity contribution is 5.23. The van der Waals surface area contributed by atoms with Crippen LogP contribution >= 0.6 is 0 Å². The first kappa shape index (κ1) is 17.0. The van der Waals surface area contributed by atoms with Gasteiger partial charge >= 0.3 is 0 Å². The van der Waals surface area contributed by atoms with Crippen molar-refractivity contribution in [2.45, 2.75) is 65.3 Å². The van der Waals surface area contributed by atoms with Gasteiger partial charge in [0.05, 0.1) is 12.8 Å². The summed E-state index contributed by atoms with van der Waals surface area (Å²) >= 11 is 0. The van der Waals surface area contributed by atoms with E-state index < -0.39 is 0 Å². The van der Waals surface area contributed by atoms with Gasteiger partial charge in [-0.1, -0.05) is 20.8 Å². The molecule has 0 atom stereocenters. The van der Waals surface area contributed by atoms with Gasteiger partial charge < -0.3 is 10.1 Å². The lowest BCUT2D eigenvalue weighted by Gasteiger charge is -2.20. The topological polar surface area (TPSA) is 34.1 Å². The number of unbranched alkanes of at least 4 members (excludes halogenated alkanes) is 1. The van der Waals surface area contributed by atoms with E-state index in [2.05, 4.69) is 57.9 Å². The maximum atomic E-state index is 5.72. The molecule has 0 aromatic carbocycles. The van der Waals surface area contributed by atoms with Gasteiger partial charge in [0.2, 0.25) is 0 Å². The van der Waals surface area contributed by atoms with E-state index in [0.717, 1.165) is 37.4 Å². The molecule has 0 aliphatic carbocycles. The van der Waals surface area contributed by atoms with E-state index in [1.165, 1.54) is 0 Å². The molecule has 0 radical (unpaired) electrons. The van der Waals surface area contributed by atoms with E-state index in [9.17, 15) is 0 Å². The molecule has 0 spiro atoms. The molecule has 0 aliphatic heterocycles. The second-order valence-corrected chi connectivity index (χ2v) is 7.36. The lowest BCUT2D eigenvalue weighted by Crippen LogP contribution is -2.36. The minimum atomic E-state index is 0.0944. The minimum absolute atomic E-state index is 0.0944. The largest absolute Gasteiger partial charge is 0.492 e. The smallest absolute Gasteiger partial charge is 0.137 e. The molecule has 20 heavy (non-hydrogen) atoms. The van der Waals surface area contributed by atoms with Gasteiger partial charge in [-0.3, -0.25) is 4.98 Å². The Balaban J connectivity index is 2.23. The first-order valence-electron chi connectivity index (χ1n) is 7.53. The maximum absolute atomic E-state index is 5.72. The first-order valence-corrected chi connectivity index (χ1v) is 7.53. The van der Waals surface area contributed by atoms with Crippen LogP contribution in [0.1, 0.15) is 60.1 Å². The second kappa shape index (κ2) is 7.07. The summed E-state index contributed by atoms with van der Waals surface area (Å²) in [7, 11) is 0. The van der Waals surface area contributed by atoms with Gasteiger partial charge in [0.1, 0.15) is 5.75 Å². The summed E-state index contributed by atoms with van der Waals surface area (Å²) < 4.78 is 5.72. The highest BCUT2D eigenvalue weighted by Gasteiger charge is 2.14. The summed E-state index contributed by atoms with van der Waals surface area (Å²) in [6.45, 7) is 14.8. The molecular formula is C17H30N2O. The molecule has 0 aliphatic rings. The fourth-order valence-corrected chi connectivity index (χ4v) is 1.79. The molecule has 3 heteroatoms. The van der Waals surface area contributed by atoms with Crippen molar-refractivity contribution in [2.24, 2.45) is 0 Å². The molecule has 0 amide bonds. The number of aromatic nitrogens is 1. The van der Waals surface area contributed by atoms with E-state index in [0.29, 0.717) is 0 Å². The van der Waals surface area contributed by atoms with Crippen LogP contribution in [0.15, 0.2) is 18.3 Å². The lowest BCUT2D eigenvalue weighted by molar-refractivity contribution is 0.300. The summed E-state index contributed by atoms with van der Waals surface area (Å²) in [5, 5.41) is 3.48. The Kier molecular flexibility index (Phi) is 6.00. The highest BCUT2D eigenvalue weighted by atomic mass is 16.5. The molecule has 1 aromatic heterocycles. The number of hydrogen-bond acceptors (Lipinski definition) is 3. The number of pyridine rings is 1. The molecule has 0 bridgehead atoms. The normalized spacial score (nSPS) is 12.5. The first-order chi connectivity index (χ1) is 9.18. The molecule has 1 N–H and O–H groups in total. The van der Waals surface area contributed by atoms with Crippen LogP contribution in [-0.4, -0.2) is 23.7 Å². The predicted octanol–water partition coefficient (Wildman–Crippen LogP) is 3.93. The molecule has 114 valence electrons. The number of ether oxygens (including phenoxy) is 1. The quantitative estimate of drug-likeness (QED) is 0.801. The summed E-state index contributed by atoms with van der Waals surface area (Å²) in [4.78, 5) is 4.46. The Morgan fingerprint density at radius 3 is 2.25 bits per heavy atom. The average Bonchev–Trinajstić information content (AvgIpc) is 2.32. The van der Waals surface area contributed by atoms with E-state index in [-0.39, 0.29) is 11.0 Å². The van der Waals surface area contributed by atoms with Gasteiger partial charge in [-0.05, 0) is 52.3 Å². The van der Waals surface area contributed by atoms with Crippen molar-refractivity contribution in [2.75, 3.05) is 13.2 Å². The van der Waals surface area contributed by atoms with Crippen LogP contribution in [-0.2, 0) is 5.41 Å². The van der Waals surface area contributed by atoms with E-state index >= 15 is 0 Å². The van der Waals surface area contributed by atoms with Gasteiger partial charge in [0.15, 0.2) is 0 Å². The Morgan fingerprint density at radius 2 is 1.75 bits per heavy atom. The van der Waals surface area contributed by atoms with Crippen molar-refractivity contribution in [3.05, 3.63) is 24.0 Å². The van der Waals surface area contributed by atoms with Crippen molar-refractivity contribution in [1.82, 2.24) is 10.3 Å². The van der Waals surface area contributed by atoms with Crippen LogP contribution in [0.25, 0.3) is 0 Å². The zero-order chi connectivity index (χ0) is 15.2. The number of nitrogens with zero attached hydrogens (tertiary/aromatic N) is 1. The highest BCUT2D eigenvalue weighted by Crippen LogP contribution is 2.21. The number of rotatable bonds is 6. The summed E-state index contributed by atoms with van der Waals surface area (Å²) in [6.07, 6.45) is 4.02. The van der Waals surface area contributed by atoms with Crippen LogP contribution in [0.5, 0.6) is 5.75 Å². The van der Waals surface area contributed by atoms with Crippen LogP contribution in [0.3, 0.4) is 0 Å². The zero-order valence-corrected chi connectivity index (χ0v) is 13.9. The molecule has 0 saturated heterocycles. The molecule has 1 rings (SSSR count). The fraction of sp³-hybridized carbons (Fsp3) is 0.706. The van der Waals surface area contributed by atoms with Gasteiger partial charge in [-0.25, -0.2) is 0 Å². The zero-order valence-electron chi connectivity index (χ0n) is 13.9. The molecule has 1 heterocycles. The van der Waals surface area contributed by atoms with E-state index in [4.69, 9.17) is 4.74 Å². The lowest BCUT2D eigenvalue weighted by atomic mass is 9.92. The predicted molar refractivity (Wildman–Crippen MR) is 85.4 cm³/mol. The van der Waals surface area contributed by atoms with Gasteiger partial charge in [-0.2, -0.15) is 0 Å². The van der Waals surface area contributed by atoms with Crippen molar-refractivity contribution >= 4 is 0 Å². The molecule has 1 aromatic rings. The molecule has 0 fully saturated rings. The number of nitrogens with one attached hydrogen (secondary N) is 1. The Labute approximate surface area is 124 Å². The summed E-state index contributed by atoms with van der Waals surface area (Å²) in [6, 6.07) is 4.07. The summed E-state index contributed by atoms with van der Waals surface area (Å²) in [5.41, 5.74) is 1.39. The second-order valence-electron chi connectivity index (χ2n) is 7.36. The van der Waals surface area contributed by atoms with Crippen LogP contribution < -0.4 is 10.1 Å². The molecule has 0 saturated carbocycles. The monoisotopic (exact) mass is 278 g/mol. The van der Waals surface area contributed by atoms with Crippen LogP contribution in [0.2, 0.25) is 0 Å². The van der Waals surface area contributed by atoms with Crippen molar-refractivity contribution in [3.63, 3.8) is 0 Å². The van der Waals surface area contributed by atoms with Crippen molar-refractivity contribution in [1.29, 1.82) is 0 Å². The van der Waals surface area contributed by atoms with Crippen molar-refractivity contribution < 1.29 is 4.74 Å². The average molecular weight is 278 g/mol. The van der Waals surface area contributed by atoms with E-state index in [1.54, 1.807) is 0 Å². The molecular weight excluding hydrogens is 248 g/mol. The third kappa shape index (κ3) is 6.90. The van der Waals surface area contributed by atoms with Gasteiger partial charge in [-0.15, -0.1) is 0 Å². The summed E-state index contributed by atoms with van der Waals surface area (Å²) in [5.74, 6) is 0.863. The van der Waals surface area contributed by atoms with Crippen molar-refractivity contribution in [3.8, 4) is 5.75 Å². The van der Waals surface area contributed by atoms with Crippen LogP contribution in [0.4, 0.5) is 0 Å².